The van der Waals surface area contributed by atoms with Crippen molar-refractivity contribution in [3.8, 4) is 0 Å². The van der Waals surface area contributed by atoms with Gasteiger partial charge in [-0.3, -0.25) is 4.79 Å². The minimum Gasteiger partial charge on any atom is -0.457 e. The number of aliphatic hydroxyl groups excluding tert-OH is 7. The Morgan fingerprint density at radius 2 is 0.855 bits per heavy atom. The topological polar surface area (TPSA) is 214 Å². The van der Waals surface area contributed by atoms with E-state index in [0.29, 0.717) is 13.0 Å². The Kier molecular flexibility index (Phi) is 45.0. The average molecular weight is 1080 g/mol. The van der Waals surface area contributed by atoms with Crippen molar-refractivity contribution < 1.29 is 69.0 Å². The molecule has 76 heavy (non-hydrogen) atoms. The molecule has 11 atom stereocenters. The summed E-state index contributed by atoms with van der Waals surface area (Å²) in [7, 11) is 0. The van der Waals surface area contributed by atoms with Crippen molar-refractivity contribution in [1.29, 1.82) is 0 Å². The van der Waals surface area contributed by atoms with Gasteiger partial charge in [-0.05, 0) is 51.4 Å². The van der Waals surface area contributed by atoms with Crippen LogP contribution in [0.25, 0.3) is 0 Å². The minimum absolute atomic E-state index is 0.0532. The van der Waals surface area contributed by atoms with E-state index in [0.717, 1.165) is 70.6 Å². The van der Waals surface area contributed by atoms with Crippen molar-refractivity contribution in [2.45, 2.75) is 306 Å². The van der Waals surface area contributed by atoms with Crippen LogP contribution in [0.15, 0.2) is 48.6 Å². The summed E-state index contributed by atoms with van der Waals surface area (Å²) in [6.07, 6.45) is 43.3. The van der Waals surface area contributed by atoms with Crippen LogP contribution >= 0.6 is 0 Å². The first-order valence-electron chi connectivity index (χ1n) is 30.7. The van der Waals surface area contributed by atoms with Crippen LogP contribution < -0.4 is 0 Å². The van der Waals surface area contributed by atoms with Gasteiger partial charge in [0.1, 0.15) is 54.9 Å². The number of hydrogen-bond donors (Lipinski definition) is 7. The quantitative estimate of drug-likeness (QED) is 0.0172. The highest BCUT2D eigenvalue weighted by atomic mass is 16.7. The molecule has 2 saturated heterocycles. The lowest BCUT2D eigenvalue weighted by Crippen LogP contribution is -2.61. The van der Waals surface area contributed by atoms with Gasteiger partial charge in [0, 0.05) is 13.0 Å². The van der Waals surface area contributed by atoms with E-state index in [1.54, 1.807) is 0 Å². The summed E-state index contributed by atoms with van der Waals surface area (Å²) in [6, 6.07) is 0. The molecule has 0 aromatic rings. The Balaban J connectivity index is 1.68. The normalized spacial score (nSPS) is 24.8. The van der Waals surface area contributed by atoms with E-state index >= 15 is 0 Å². The molecule has 0 radical (unpaired) electrons. The van der Waals surface area contributed by atoms with Gasteiger partial charge >= 0.3 is 5.97 Å². The summed E-state index contributed by atoms with van der Waals surface area (Å²) in [6.45, 7) is 3.58. The summed E-state index contributed by atoms with van der Waals surface area (Å²) < 4.78 is 34.4. The Labute approximate surface area is 461 Å². The van der Waals surface area contributed by atoms with Gasteiger partial charge in [0.25, 0.3) is 0 Å². The van der Waals surface area contributed by atoms with Gasteiger partial charge in [0.2, 0.25) is 0 Å². The van der Waals surface area contributed by atoms with Gasteiger partial charge in [-0.2, -0.15) is 0 Å². The van der Waals surface area contributed by atoms with Crippen molar-refractivity contribution in [3.63, 3.8) is 0 Å². The van der Waals surface area contributed by atoms with Gasteiger partial charge in [0.15, 0.2) is 12.6 Å². The number of allylic oxidation sites excluding steroid dienone is 8. The molecule has 0 aliphatic carbocycles. The van der Waals surface area contributed by atoms with Crippen LogP contribution in [0.3, 0.4) is 0 Å². The molecule has 2 heterocycles. The maximum atomic E-state index is 13.1. The molecule has 2 rings (SSSR count). The van der Waals surface area contributed by atoms with Crippen molar-refractivity contribution in [2.24, 2.45) is 0 Å². The van der Waals surface area contributed by atoms with Crippen molar-refractivity contribution in [1.82, 2.24) is 0 Å². The third-order valence-corrected chi connectivity index (χ3v) is 14.6. The highest BCUT2D eigenvalue weighted by Gasteiger charge is 2.47. The van der Waals surface area contributed by atoms with Crippen LogP contribution in [-0.2, 0) is 33.2 Å². The molecule has 0 bridgehead atoms. The maximum Gasteiger partial charge on any atom is 0.306 e. The number of aliphatic hydroxyl groups is 7. The first-order chi connectivity index (χ1) is 37.1. The van der Waals surface area contributed by atoms with Crippen molar-refractivity contribution >= 4 is 5.97 Å². The standard InChI is InChI=1S/C62H112O14/c1-3-5-7-9-11-13-15-17-19-21-22-23-24-25-26-27-28-30-32-34-36-38-40-42-44-46-71-48-51(74-54(64)45-43-41-39-37-35-33-31-29-20-18-16-14-12-10-8-6-4-2)49-72-61-60(70)58(68)56(66)53(76-61)50-73-62-59(69)57(67)55(65)52(47-63)75-62/h6,8,12,14,18,20,31,33,51-53,55-63,65-70H,3-5,7,9-11,13,15-17,19,21-30,32,34-50H2,1-2H3/b8-6-,14-12-,20-18-,33-31-. The number of hydrogen-bond acceptors (Lipinski definition) is 14. The second-order valence-corrected chi connectivity index (χ2v) is 21.5. The fourth-order valence-corrected chi connectivity index (χ4v) is 9.69. The molecular formula is C62H112O14. The van der Waals surface area contributed by atoms with Crippen LogP contribution in [0.5, 0.6) is 0 Å². The molecule has 2 aliphatic heterocycles. The fourth-order valence-electron chi connectivity index (χ4n) is 9.69. The predicted octanol–water partition coefficient (Wildman–Crippen LogP) is 11.5. The molecule has 7 N–H and O–H groups in total. The van der Waals surface area contributed by atoms with E-state index in [1.807, 2.05) is 0 Å². The van der Waals surface area contributed by atoms with Crippen molar-refractivity contribution in [3.05, 3.63) is 48.6 Å². The zero-order valence-corrected chi connectivity index (χ0v) is 47.7. The van der Waals surface area contributed by atoms with E-state index < -0.39 is 86.7 Å². The smallest absolute Gasteiger partial charge is 0.306 e. The molecule has 14 heteroatoms. The summed E-state index contributed by atoms with van der Waals surface area (Å²) in [5, 5.41) is 72.4. The summed E-state index contributed by atoms with van der Waals surface area (Å²) in [5.41, 5.74) is 0. The Bertz CT molecular complexity index is 1440. The van der Waals surface area contributed by atoms with Crippen LogP contribution in [0.1, 0.15) is 239 Å². The summed E-state index contributed by atoms with van der Waals surface area (Å²) >= 11 is 0. The molecule has 0 aromatic heterocycles. The number of ether oxygens (including phenoxy) is 6. The Morgan fingerprint density at radius 3 is 1.34 bits per heavy atom. The van der Waals surface area contributed by atoms with Gasteiger partial charge in [0.05, 0.1) is 26.4 Å². The molecule has 14 nitrogen and oxygen atoms in total. The SMILES string of the molecule is CC/C=C\C/C=C\C/C=C\C/C=C\CCCCCCC(=O)OC(COCCCCCCCCCCCCCCCCCCCCCCCCCCC)COC1OC(COC2OC(CO)C(O)C(O)C2O)C(O)C(O)C1O. The molecule has 0 amide bonds. The third-order valence-electron chi connectivity index (χ3n) is 14.6. The number of unbranched alkanes of at least 4 members (excludes halogenated alkanes) is 28. The van der Waals surface area contributed by atoms with Gasteiger partial charge in [-0.25, -0.2) is 0 Å². The summed E-state index contributed by atoms with van der Waals surface area (Å²) in [4.78, 5) is 13.1. The molecule has 444 valence electrons. The second kappa shape index (κ2) is 48.8. The number of carbonyl (C=O) groups is 1. The van der Waals surface area contributed by atoms with Crippen molar-refractivity contribution in [2.75, 3.05) is 33.0 Å². The zero-order valence-electron chi connectivity index (χ0n) is 47.7. The highest BCUT2D eigenvalue weighted by molar-refractivity contribution is 5.69. The van der Waals surface area contributed by atoms with E-state index in [2.05, 4.69) is 62.5 Å². The number of esters is 1. The first kappa shape index (κ1) is 70.1. The van der Waals surface area contributed by atoms with Crippen LogP contribution in [-0.4, -0.2) is 142 Å². The van der Waals surface area contributed by atoms with E-state index in [4.69, 9.17) is 28.4 Å². The largest absolute Gasteiger partial charge is 0.457 e. The molecule has 0 saturated carbocycles. The van der Waals surface area contributed by atoms with Gasteiger partial charge < -0.3 is 64.2 Å². The number of carbonyl (C=O) groups excluding carboxylic acids is 1. The van der Waals surface area contributed by atoms with Gasteiger partial charge in [-0.1, -0.05) is 229 Å². The van der Waals surface area contributed by atoms with E-state index in [9.17, 15) is 40.5 Å². The lowest BCUT2D eigenvalue weighted by Gasteiger charge is -2.42. The van der Waals surface area contributed by atoms with Gasteiger partial charge in [-0.15, -0.1) is 0 Å². The predicted molar refractivity (Wildman–Crippen MR) is 303 cm³/mol. The Hall–Kier alpha value is -2.05. The maximum absolute atomic E-state index is 13.1. The van der Waals surface area contributed by atoms with Crippen LogP contribution in [0.2, 0.25) is 0 Å². The van der Waals surface area contributed by atoms with Crippen LogP contribution in [0.4, 0.5) is 0 Å². The molecule has 2 fully saturated rings. The lowest BCUT2D eigenvalue weighted by atomic mass is 9.98. The fraction of sp³-hybridized carbons (Fsp3) is 0.855. The summed E-state index contributed by atoms with van der Waals surface area (Å²) in [5.74, 6) is -0.396. The lowest BCUT2D eigenvalue weighted by molar-refractivity contribution is -0.332. The second-order valence-electron chi connectivity index (χ2n) is 21.5. The third kappa shape index (κ3) is 34.8. The highest BCUT2D eigenvalue weighted by Crippen LogP contribution is 2.27. The molecule has 2 aliphatic rings. The first-order valence-corrected chi connectivity index (χ1v) is 30.7. The average Bonchev–Trinajstić information content (AvgIpc) is 3.42. The van der Waals surface area contributed by atoms with Crippen LogP contribution in [0, 0.1) is 0 Å². The van der Waals surface area contributed by atoms with E-state index in [1.165, 1.54) is 141 Å². The Morgan fingerprint density at radius 1 is 0.447 bits per heavy atom. The molecule has 0 aromatic carbocycles. The van der Waals surface area contributed by atoms with E-state index in [-0.39, 0.29) is 19.6 Å². The minimum atomic E-state index is -1.71. The molecule has 0 spiro atoms. The molecular weight excluding hydrogens is 969 g/mol. The number of rotatable bonds is 50. The monoisotopic (exact) mass is 1080 g/mol. The molecule has 11 unspecified atom stereocenters. The zero-order chi connectivity index (χ0) is 55.1.